The van der Waals surface area contributed by atoms with Crippen LogP contribution in [0.3, 0.4) is 0 Å². The Morgan fingerprint density at radius 3 is 2.79 bits per heavy atom. The number of carbonyl (C=O) groups excluding carboxylic acids is 1. The van der Waals surface area contributed by atoms with Gasteiger partial charge in [-0.1, -0.05) is 6.07 Å². The molecule has 0 unspecified atom stereocenters. The van der Waals surface area contributed by atoms with Crippen molar-refractivity contribution in [2.45, 2.75) is 25.1 Å². The fourth-order valence-electron chi connectivity index (χ4n) is 2.97. The highest BCUT2D eigenvalue weighted by Gasteiger charge is 2.41. The minimum Gasteiger partial charge on any atom is -0.378 e. The van der Waals surface area contributed by atoms with E-state index in [4.69, 9.17) is 9.47 Å². The first-order chi connectivity index (χ1) is 11.3. The van der Waals surface area contributed by atoms with Gasteiger partial charge in [-0.2, -0.15) is 13.2 Å². The molecule has 1 spiro atoms. The summed E-state index contributed by atoms with van der Waals surface area (Å²) in [5, 5.41) is 2.59. The topological polar surface area (TPSA) is 50.8 Å². The number of rotatable bonds is 1. The molecule has 1 aromatic carbocycles. The van der Waals surface area contributed by atoms with Crippen LogP contribution in [-0.4, -0.2) is 49.4 Å². The highest BCUT2D eigenvalue weighted by molar-refractivity contribution is 5.90. The summed E-state index contributed by atoms with van der Waals surface area (Å²) >= 11 is 0. The molecule has 1 N–H and O–H groups in total. The number of amides is 2. The van der Waals surface area contributed by atoms with Gasteiger partial charge in [-0.05, 0) is 24.6 Å². The van der Waals surface area contributed by atoms with Crippen LogP contribution in [0.5, 0.6) is 0 Å². The molecule has 2 fully saturated rings. The lowest BCUT2D eigenvalue weighted by atomic mass is 10.0. The first kappa shape index (κ1) is 17.0. The van der Waals surface area contributed by atoms with Crippen molar-refractivity contribution in [1.29, 1.82) is 0 Å². The highest BCUT2D eigenvalue weighted by atomic mass is 19.4. The summed E-state index contributed by atoms with van der Waals surface area (Å²) in [5.74, 6) is 0. The Kier molecular flexibility index (Phi) is 4.44. The number of hydrogen-bond donors (Lipinski definition) is 1. The molecule has 0 saturated carbocycles. The second-order valence-corrected chi connectivity index (χ2v) is 6.21. The minimum atomic E-state index is -4.45. The number of alkyl halides is 3. The maximum atomic E-state index is 12.8. The zero-order valence-electron chi connectivity index (χ0n) is 13.3. The molecule has 24 heavy (non-hydrogen) atoms. The van der Waals surface area contributed by atoms with Gasteiger partial charge >= 0.3 is 12.2 Å². The number of ether oxygens (including phenoxy) is 2. The van der Waals surface area contributed by atoms with Crippen molar-refractivity contribution < 1.29 is 27.4 Å². The van der Waals surface area contributed by atoms with Crippen molar-refractivity contribution in [3.63, 3.8) is 0 Å². The Labute approximate surface area is 137 Å². The summed E-state index contributed by atoms with van der Waals surface area (Å²) in [6, 6.07) is 2.89. The Morgan fingerprint density at radius 1 is 1.33 bits per heavy atom. The molecular weight excluding hydrogens is 325 g/mol. The molecule has 132 valence electrons. The fraction of sp³-hybridized carbons (Fsp3) is 0.562. The monoisotopic (exact) mass is 344 g/mol. The molecule has 3 rings (SSSR count). The van der Waals surface area contributed by atoms with Crippen molar-refractivity contribution in [3.05, 3.63) is 29.3 Å². The molecule has 2 heterocycles. The van der Waals surface area contributed by atoms with E-state index < -0.39 is 23.4 Å². The van der Waals surface area contributed by atoms with Gasteiger partial charge < -0.3 is 19.7 Å². The first-order valence-electron chi connectivity index (χ1n) is 7.75. The second kappa shape index (κ2) is 6.25. The quantitative estimate of drug-likeness (QED) is 0.852. The van der Waals surface area contributed by atoms with Gasteiger partial charge in [0.05, 0.1) is 25.3 Å². The van der Waals surface area contributed by atoms with Crippen LogP contribution in [0.15, 0.2) is 18.2 Å². The number of morpholine rings is 1. The Hall–Kier alpha value is -1.80. The minimum absolute atomic E-state index is 0.165. The molecule has 2 amide bonds. The lowest BCUT2D eigenvalue weighted by Crippen LogP contribution is -2.55. The van der Waals surface area contributed by atoms with E-state index in [2.05, 4.69) is 5.32 Å². The summed E-state index contributed by atoms with van der Waals surface area (Å²) in [4.78, 5) is 14.0. The van der Waals surface area contributed by atoms with E-state index in [0.717, 1.165) is 12.1 Å². The highest BCUT2D eigenvalue weighted by Crippen LogP contribution is 2.32. The maximum absolute atomic E-state index is 12.8. The summed E-state index contributed by atoms with van der Waals surface area (Å²) < 4.78 is 49.6. The number of carbonyl (C=O) groups is 1. The number of benzene rings is 1. The number of anilines is 1. The third-order valence-corrected chi connectivity index (χ3v) is 4.41. The number of aryl methyl sites for hydroxylation is 1. The van der Waals surface area contributed by atoms with E-state index in [0.29, 0.717) is 44.9 Å². The van der Waals surface area contributed by atoms with E-state index in [1.165, 1.54) is 6.07 Å². The van der Waals surface area contributed by atoms with Crippen LogP contribution < -0.4 is 5.32 Å². The van der Waals surface area contributed by atoms with Gasteiger partial charge in [0.25, 0.3) is 0 Å². The third-order valence-electron chi connectivity index (χ3n) is 4.41. The predicted octanol–water partition coefficient (Wildman–Crippen LogP) is 3.04. The average molecular weight is 344 g/mol. The van der Waals surface area contributed by atoms with Crippen LogP contribution in [-0.2, 0) is 15.7 Å². The van der Waals surface area contributed by atoms with Crippen LogP contribution >= 0.6 is 0 Å². The Morgan fingerprint density at radius 2 is 2.12 bits per heavy atom. The summed E-state index contributed by atoms with van der Waals surface area (Å²) in [5.41, 5.74) is -0.536. The van der Waals surface area contributed by atoms with Gasteiger partial charge in [-0.25, -0.2) is 4.79 Å². The molecule has 2 saturated heterocycles. The zero-order valence-corrected chi connectivity index (χ0v) is 13.3. The van der Waals surface area contributed by atoms with Crippen LogP contribution in [0.2, 0.25) is 0 Å². The normalized spacial score (nSPS) is 24.4. The molecule has 2 aliphatic heterocycles. The van der Waals surface area contributed by atoms with Gasteiger partial charge in [-0.3, -0.25) is 0 Å². The van der Waals surface area contributed by atoms with Gasteiger partial charge in [0.2, 0.25) is 0 Å². The standard InChI is InChI=1S/C16H19F3N2O3/c1-11-2-3-12(16(17,18)19)8-13(11)20-14(22)21-5-7-24-15(9-21)4-6-23-10-15/h2-3,8H,4-7,9-10H2,1H3,(H,20,22)/t15-/m1/s1. The number of urea groups is 1. The van der Waals surface area contributed by atoms with Crippen molar-refractivity contribution in [2.75, 3.05) is 38.2 Å². The molecule has 1 aromatic rings. The van der Waals surface area contributed by atoms with Crippen LogP contribution in [0.25, 0.3) is 0 Å². The Bertz CT molecular complexity index is 627. The second-order valence-electron chi connectivity index (χ2n) is 6.21. The third kappa shape index (κ3) is 3.49. The molecule has 0 aliphatic carbocycles. The lowest BCUT2D eigenvalue weighted by Gasteiger charge is -2.39. The van der Waals surface area contributed by atoms with Gasteiger partial charge in [-0.15, -0.1) is 0 Å². The molecule has 5 nitrogen and oxygen atoms in total. The summed E-state index contributed by atoms with van der Waals surface area (Å²) in [6.07, 6.45) is -3.74. The van der Waals surface area contributed by atoms with Crippen molar-refractivity contribution in [1.82, 2.24) is 4.90 Å². The van der Waals surface area contributed by atoms with E-state index in [1.54, 1.807) is 11.8 Å². The molecule has 1 atom stereocenters. The van der Waals surface area contributed by atoms with Crippen LogP contribution in [0.1, 0.15) is 17.5 Å². The average Bonchev–Trinajstić information content (AvgIpc) is 2.96. The summed E-state index contributed by atoms with van der Waals surface area (Å²) in [6.45, 7) is 3.82. The van der Waals surface area contributed by atoms with Gasteiger partial charge in [0, 0.05) is 25.3 Å². The van der Waals surface area contributed by atoms with Crippen molar-refractivity contribution >= 4 is 11.7 Å². The fourth-order valence-corrected chi connectivity index (χ4v) is 2.97. The Balaban J connectivity index is 1.72. The van der Waals surface area contributed by atoms with E-state index >= 15 is 0 Å². The van der Waals surface area contributed by atoms with Crippen LogP contribution in [0, 0.1) is 6.92 Å². The molecule has 0 bridgehead atoms. The first-order valence-corrected chi connectivity index (χ1v) is 7.75. The molecule has 2 aliphatic rings. The van der Waals surface area contributed by atoms with E-state index in [1.807, 2.05) is 0 Å². The van der Waals surface area contributed by atoms with Crippen molar-refractivity contribution in [3.8, 4) is 0 Å². The lowest BCUT2D eigenvalue weighted by molar-refractivity contribution is -0.137. The number of hydrogen-bond acceptors (Lipinski definition) is 3. The molecule has 0 aromatic heterocycles. The zero-order chi connectivity index (χ0) is 17.4. The smallest absolute Gasteiger partial charge is 0.378 e. The molecule has 0 radical (unpaired) electrons. The van der Waals surface area contributed by atoms with Crippen molar-refractivity contribution in [2.24, 2.45) is 0 Å². The van der Waals surface area contributed by atoms with Gasteiger partial charge in [0.1, 0.15) is 5.60 Å². The van der Waals surface area contributed by atoms with E-state index in [-0.39, 0.29) is 5.69 Å². The predicted molar refractivity (Wildman–Crippen MR) is 80.9 cm³/mol. The number of halogens is 3. The van der Waals surface area contributed by atoms with E-state index in [9.17, 15) is 18.0 Å². The van der Waals surface area contributed by atoms with Crippen LogP contribution in [0.4, 0.5) is 23.7 Å². The summed E-state index contributed by atoms with van der Waals surface area (Å²) in [7, 11) is 0. The number of nitrogens with zero attached hydrogens (tertiary/aromatic N) is 1. The maximum Gasteiger partial charge on any atom is 0.416 e. The molecule has 8 heteroatoms. The number of nitrogens with one attached hydrogen (secondary N) is 1. The SMILES string of the molecule is Cc1ccc(C(F)(F)F)cc1NC(=O)N1CCO[C@]2(CCOC2)C1. The van der Waals surface area contributed by atoms with Gasteiger partial charge in [0.15, 0.2) is 0 Å². The largest absolute Gasteiger partial charge is 0.416 e. The molecular formula is C16H19F3N2O3.